The van der Waals surface area contributed by atoms with Crippen molar-refractivity contribution in [3.63, 3.8) is 0 Å². The smallest absolute Gasteiger partial charge is 0.151 e. The Morgan fingerprint density at radius 3 is 2.67 bits per heavy atom. The molecule has 0 aliphatic heterocycles. The number of nitriles is 1. The van der Waals surface area contributed by atoms with Crippen LogP contribution in [0.25, 0.3) is 0 Å². The Balaban J connectivity index is 2.37. The van der Waals surface area contributed by atoms with Gasteiger partial charge >= 0.3 is 0 Å². The van der Waals surface area contributed by atoms with Crippen molar-refractivity contribution in [1.82, 2.24) is 0 Å². The molecule has 0 atom stereocenters. The van der Waals surface area contributed by atoms with E-state index < -0.39 is 11.6 Å². The predicted molar refractivity (Wildman–Crippen MR) is 65.2 cm³/mol. The molecule has 0 unspecified atom stereocenters. The van der Waals surface area contributed by atoms with Crippen LogP contribution in [0.3, 0.4) is 0 Å². The van der Waals surface area contributed by atoms with E-state index in [-0.39, 0.29) is 11.4 Å². The summed E-state index contributed by atoms with van der Waals surface area (Å²) in [5.74, 6) is -1.55. The van der Waals surface area contributed by atoms with Crippen LogP contribution in [-0.2, 0) is 0 Å². The van der Waals surface area contributed by atoms with Crippen molar-refractivity contribution in [2.75, 3.05) is 11.1 Å². The summed E-state index contributed by atoms with van der Waals surface area (Å²) in [6, 6.07) is 10.3. The maximum atomic E-state index is 13.2. The number of benzene rings is 2. The summed E-state index contributed by atoms with van der Waals surface area (Å²) in [5.41, 5.74) is 6.43. The maximum absolute atomic E-state index is 13.2. The van der Waals surface area contributed by atoms with Crippen LogP contribution in [0.1, 0.15) is 5.56 Å². The molecule has 90 valence electrons. The standard InChI is InChI=1S/C13H9F2N3/c14-9-5-11(15)13(17)12(6-9)18-10-3-1-2-8(4-10)7-16/h1-6,18H,17H2. The number of hydrogen-bond acceptors (Lipinski definition) is 3. The van der Waals surface area contributed by atoms with Gasteiger partial charge in [0.25, 0.3) is 0 Å². The first-order valence-corrected chi connectivity index (χ1v) is 5.12. The van der Waals surface area contributed by atoms with E-state index in [0.29, 0.717) is 17.3 Å². The highest BCUT2D eigenvalue weighted by molar-refractivity contribution is 5.73. The molecule has 0 radical (unpaired) electrons. The molecule has 2 aromatic carbocycles. The molecule has 2 aromatic rings. The van der Waals surface area contributed by atoms with Crippen LogP contribution in [0.5, 0.6) is 0 Å². The summed E-state index contributed by atoms with van der Waals surface area (Å²) >= 11 is 0. The van der Waals surface area contributed by atoms with Crippen molar-refractivity contribution in [1.29, 1.82) is 5.26 Å². The van der Waals surface area contributed by atoms with Gasteiger partial charge in [-0.05, 0) is 24.3 Å². The van der Waals surface area contributed by atoms with Gasteiger partial charge in [0, 0.05) is 11.8 Å². The number of rotatable bonds is 2. The Hall–Kier alpha value is -2.61. The van der Waals surface area contributed by atoms with Crippen LogP contribution in [0.2, 0.25) is 0 Å². The van der Waals surface area contributed by atoms with Gasteiger partial charge in [-0.25, -0.2) is 8.78 Å². The van der Waals surface area contributed by atoms with Gasteiger partial charge < -0.3 is 11.1 Å². The van der Waals surface area contributed by atoms with Crippen LogP contribution < -0.4 is 11.1 Å². The molecule has 0 fully saturated rings. The minimum absolute atomic E-state index is 0.127. The minimum Gasteiger partial charge on any atom is -0.395 e. The third-order valence-corrected chi connectivity index (χ3v) is 2.36. The Kier molecular flexibility index (Phi) is 3.11. The third kappa shape index (κ3) is 2.38. The van der Waals surface area contributed by atoms with Crippen LogP contribution in [0.4, 0.5) is 25.8 Å². The van der Waals surface area contributed by atoms with Gasteiger partial charge in [0.05, 0.1) is 23.0 Å². The van der Waals surface area contributed by atoms with E-state index in [1.165, 1.54) is 0 Å². The largest absolute Gasteiger partial charge is 0.395 e. The molecule has 18 heavy (non-hydrogen) atoms. The summed E-state index contributed by atoms with van der Waals surface area (Å²) < 4.78 is 26.3. The van der Waals surface area contributed by atoms with Crippen molar-refractivity contribution in [2.45, 2.75) is 0 Å². The van der Waals surface area contributed by atoms with E-state index in [0.717, 1.165) is 6.07 Å². The lowest BCUT2D eigenvalue weighted by molar-refractivity contribution is 0.587. The van der Waals surface area contributed by atoms with E-state index in [1.807, 2.05) is 6.07 Å². The lowest BCUT2D eigenvalue weighted by atomic mass is 10.2. The first-order valence-electron chi connectivity index (χ1n) is 5.12. The highest BCUT2D eigenvalue weighted by Crippen LogP contribution is 2.27. The SMILES string of the molecule is N#Cc1cccc(Nc2cc(F)cc(F)c2N)c1. The van der Waals surface area contributed by atoms with Crippen LogP contribution in [0, 0.1) is 23.0 Å². The molecule has 0 saturated heterocycles. The lowest BCUT2D eigenvalue weighted by Gasteiger charge is -2.10. The summed E-state index contributed by atoms with van der Waals surface area (Å²) in [6.07, 6.45) is 0. The predicted octanol–water partition coefficient (Wildman–Crippen LogP) is 3.16. The van der Waals surface area contributed by atoms with Crippen molar-refractivity contribution >= 4 is 17.1 Å². The summed E-state index contributed by atoms with van der Waals surface area (Å²) in [5, 5.41) is 11.5. The highest BCUT2D eigenvalue weighted by Gasteiger charge is 2.08. The molecule has 0 amide bonds. The molecule has 3 N–H and O–H groups in total. The fraction of sp³-hybridized carbons (Fsp3) is 0. The summed E-state index contributed by atoms with van der Waals surface area (Å²) in [4.78, 5) is 0. The average molecular weight is 245 g/mol. The first-order chi connectivity index (χ1) is 8.60. The molecule has 0 bridgehead atoms. The molecule has 0 saturated carbocycles. The Bertz CT molecular complexity index is 633. The van der Waals surface area contributed by atoms with Gasteiger partial charge in [-0.3, -0.25) is 0 Å². The van der Waals surface area contributed by atoms with Gasteiger partial charge in [-0.2, -0.15) is 5.26 Å². The normalized spacial score (nSPS) is 9.83. The fourth-order valence-corrected chi connectivity index (χ4v) is 1.51. The van der Waals surface area contributed by atoms with E-state index in [9.17, 15) is 8.78 Å². The average Bonchev–Trinajstić information content (AvgIpc) is 2.35. The Morgan fingerprint density at radius 1 is 1.17 bits per heavy atom. The molecule has 0 aliphatic rings. The molecular weight excluding hydrogens is 236 g/mol. The monoisotopic (exact) mass is 245 g/mol. The van der Waals surface area contributed by atoms with E-state index in [4.69, 9.17) is 11.0 Å². The minimum atomic E-state index is -0.825. The molecular formula is C13H9F2N3. The van der Waals surface area contributed by atoms with Gasteiger partial charge in [0.2, 0.25) is 0 Å². The Morgan fingerprint density at radius 2 is 1.94 bits per heavy atom. The number of hydrogen-bond donors (Lipinski definition) is 2. The first kappa shape index (κ1) is 11.9. The van der Waals surface area contributed by atoms with Gasteiger partial charge in [0.15, 0.2) is 5.82 Å². The number of nitrogen functional groups attached to an aromatic ring is 1. The zero-order valence-electron chi connectivity index (χ0n) is 9.24. The number of halogens is 2. The lowest BCUT2D eigenvalue weighted by Crippen LogP contribution is -2.00. The second-order valence-corrected chi connectivity index (χ2v) is 3.67. The van der Waals surface area contributed by atoms with Crippen LogP contribution >= 0.6 is 0 Å². The second-order valence-electron chi connectivity index (χ2n) is 3.67. The van der Waals surface area contributed by atoms with Gasteiger partial charge in [-0.1, -0.05) is 6.07 Å². The molecule has 0 spiro atoms. The maximum Gasteiger partial charge on any atom is 0.151 e. The van der Waals surface area contributed by atoms with E-state index in [1.54, 1.807) is 24.3 Å². The third-order valence-electron chi connectivity index (χ3n) is 2.36. The number of nitrogens with two attached hydrogens (primary N) is 1. The Labute approximate surface area is 102 Å². The highest BCUT2D eigenvalue weighted by atomic mass is 19.1. The fourth-order valence-electron chi connectivity index (χ4n) is 1.51. The number of nitrogens with zero attached hydrogens (tertiary/aromatic N) is 1. The topological polar surface area (TPSA) is 61.8 Å². The molecule has 5 heteroatoms. The van der Waals surface area contributed by atoms with Crippen molar-refractivity contribution in [3.05, 3.63) is 53.6 Å². The zero-order chi connectivity index (χ0) is 13.1. The quantitative estimate of drug-likeness (QED) is 0.799. The molecule has 3 nitrogen and oxygen atoms in total. The molecule has 2 rings (SSSR count). The van der Waals surface area contributed by atoms with E-state index in [2.05, 4.69) is 5.32 Å². The van der Waals surface area contributed by atoms with Gasteiger partial charge in [0.1, 0.15) is 5.82 Å². The molecule has 0 heterocycles. The van der Waals surface area contributed by atoms with Crippen molar-refractivity contribution < 1.29 is 8.78 Å². The number of anilines is 3. The summed E-state index contributed by atoms with van der Waals surface area (Å²) in [6.45, 7) is 0. The summed E-state index contributed by atoms with van der Waals surface area (Å²) in [7, 11) is 0. The van der Waals surface area contributed by atoms with Gasteiger partial charge in [-0.15, -0.1) is 0 Å². The van der Waals surface area contributed by atoms with Crippen molar-refractivity contribution in [3.8, 4) is 6.07 Å². The number of nitrogens with one attached hydrogen (secondary N) is 1. The van der Waals surface area contributed by atoms with Crippen LogP contribution in [-0.4, -0.2) is 0 Å². The second kappa shape index (κ2) is 4.72. The van der Waals surface area contributed by atoms with Crippen molar-refractivity contribution in [2.24, 2.45) is 0 Å². The molecule has 0 aromatic heterocycles. The molecule has 0 aliphatic carbocycles. The van der Waals surface area contributed by atoms with E-state index >= 15 is 0 Å². The van der Waals surface area contributed by atoms with Crippen LogP contribution in [0.15, 0.2) is 36.4 Å². The zero-order valence-corrected chi connectivity index (χ0v) is 9.24.